The van der Waals surface area contributed by atoms with Gasteiger partial charge < -0.3 is 14.4 Å². The Hall–Kier alpha value is -1.75. The molecule has 1 heterocycles. The number of anilines is 1. The standard InChI is InChI=1S/C20H32N2O3/c1-15(2)21(16-11-9-8-10-12-16)13-17-14-24-20(6,7)22(17)18(23)25-19(3,4)5/h8-12,15,17H,13-14H2,1-7H3/t17-/m0/s1. The molecule has 0 N–H and O–H groups in total. The van der Waals surface area contributed by atoms with E-state index in [2.05, 4.69) is 30.9 Å². The van der Waals surface area contributed by atoms with Crippen molar-refractivity contribution in [1.82, 2.24) is 4.90 Å². The Morgan fingerprint density at radius 3 is 2.44 bits per heavy atom. The summed E-state index contributed by atoms with van der Waals surface area (Å²) < 4.78 is 11.5. The van der Waals surface area contributed by atoms with Crippen molar-refractivity contribution in [2.75, 3.05) is 18.1 Å². The molecule has 1 aromatic carbocycles. The molecule has 1 aliphatic rings. The van der Waals surface area contributed by atoms with Crippen LogP contribution in [0.4, 0.5) is 10.5 Å². The van der Waals surface area contributed by atoms with Gasteiger partial charge >= 0.3 is 6.09 Å². The fourth-order valence-electron chi connectivity index (χ4n) is 3.16. The van der Waals surface area contributed by atoms with Crippen LogP contribution >= 0.6 is 0 Å². The molecule has 1 atom stereocenters. The molecule has 140 valence electrons. The van der Waals surface area contributed by atoms with Crippen LogP contribution in [0.15, 0.2) is 30.3 Å². The summed E-state index contributed by atoms with van der Waals surface area (Å²) in [6.07, 6.45) is -0.322. The van der Waals surface area contributed by atoms with E-state index in [1.165, 1.54) is 0 Å². The monoisotopic (exact) mass is 348 g/mol. The van der Waals surface area contributed by atoms with Crippen LogP contribution in [-0.2, 0) is 9.47 Å². The summed E-state index contributed by atoms with van der Waals surface area (Å²) in [7, 11) is 0. The van der Waals surface area contributed by atoms with Gasteiger partial charge in [0.1, 0.15) is 11.3 Å². The van der Waals surface area contributed by atoms with Gasteiger partial charge in [-0.15, -0.1) is 0 Å². The highest BCUT2D eigenvalue weighted by Crippen LogP contribution is 2.31. The number of rotatable bonds is 4. The van der Waals surface area contributed by atoms with Crippen molar-refractivity contribution in [1.29, 1.82) is 0 Å². The third kappa shape index (κ3) is 4.88. The summed E-state index contributed by atoms with van der Waals surface area (Å²) in [5.74, 6) is 0. The first-order valence-corrected chi connectivity index (χ1v) is 8.99. The molecular weight excluding hydrogens is 316 g/mol. The minimum Gasteiger partial charge on any atom is -0.444 e. The minimum atomic E-state index is -0.674. The molecule has 1 saturated heterocycles. The molecule has 0 aliphatic carbocycles. The first kappa shape index (κ1) is 19.6. The SMILES string of the molecule is CC(C)N(C[C@H]1COC(C)(C)N1C(=O)OC(C)(C)C)c1ccccc1. The third-order valence-electron chi connectivity index (χ3n) is 4.28. The fourth-order valence-corrected chi connectivity index (χ4v) is 3.16. The van der Waals surface area contributed by atoms with Crippen LogP contribution in [0.2, 0.25) is 0 Å². The zero-order valence-electron chi connectivity index (χ0n) is 16.6. The van der Waals surface area contributed by atoms with E-state index >= 15 is 0 Å². The van der Waals surface area contributed by atoms with Crippen LogP contribution in [-0.4, -0.2) is 47.6 Å². The molecule has 0 radical (unpaired) electrons. The van der Waals surface area contributed by atoms with Crippen LogP contribution in [0.5, 0.6) is 0 Å². The first-order valence-electron chi connectivity index (χ1n) is 8.99. The molecule has 1 aromatic rings. The number of hydrogen-bond acceptors (Lipinski definition) is 4. The molecule has 1 fully saturated rings. The Morgan fingerprint density at radius 1 is 1.32 bits per heavy atom. The van der Waals surface area contributed by atoms with Crippen molar-refractivity contribution in [3.63, 3.8) is 0 Å². The van der Waals surface area contributed by atoms with Gasteiger partial charge in [-0.2, -0.15) is 0 Å². The Morgan fingerprint density at radius 2 is 1.92 bits per heavy atom. The minimum absolute atomic E-state index is 0.0625. The summed E-state index contributed by atoms with van der Waals surface area (Å²) >= 11 is 0. The maximum absolute atomic E-state index is 12.8. The predicted octanol–water partition coefficient (Wildman–Crippen LogP) is 4.27. The van der Waals surface area contributed by atoms with Crippen LogP contribution < -0.4 is 4.90 Å². The lowest BCUT2D eigenvalue weighted by Gasteiger charge is -2.38. The zero-order valence-corrected chi connectivity index (χ0v) is 16.6. The van der Waals surface area contributed by atoms with E-state index in [9.17, 15) is 4.79 Å². The van der Waals surface area contributed by atoms with Gasteiger partial charge in [0.15, 0.2) is 0 Å². The van der Waals surface area contributed by atoms with Gasteiger partial charge in [0.25, 0.3) is 0 Å². The molecule has 25 heavy (non-hydrogen) atoms. The van der Waals surface area contributed by atoms with Gasteiger partial charge in [-0.05, 0) is 60.6 Å². The van der Waals surface area contributed by atoms with E-state index in [0.717, 1.165) is 5.69 Å². The second kappa shape index (κ2) is 7.24. The van der Waals surface area contributed by atoms with E-state index in [0.29, 0.717) is 19.2 Å². The number of benzene rings is 1. The Labute approximate surface area is 151 Å². The second-order valence-corrected chi connectivity index (χ2v) is 8.34. The Balaban J connectivity index is 2.22. The van der Waals surface area contributed by atoms with Crippen molar-refractivity contribution in [2.24, 2.45) is 0 Å². The van der Waals surface area contributed by atoms with Crippen LogP contribution in [0.3, 0.4) is 0 Å². The van der Waals surface area contributed by atoms with E-state index in [1.54, 1.807) is 4.90 Å². The molecule has 5 nitrogen and oxygen atoms in total. The highest BCUT2D eigenvalue weighted by molar-refractivity contribution is 5.70. The molecule has 0 spiro atoms. The molecule has 1 amide bonds. The summed E-state index contributed by atoms with van der Waals surface area (Å²) in [6, 6.07) is 10.5. The number of ether oxygens (including phenoxy) is 2. The van der Waals surface area contributed by atoms with E-state index in [4.69, 9.17) is 9.47 Å². The van der Waals surface area contributed by atoms with Gasteiger partial charge in [0.05, 0.1) is 12.6 Å². The number of amides is 1. The molecule has 2 rings (SSSR count). The molecular formula is C20H32N2O3. The highest BCUT2D eigenvalue weighted by atomic mass is 16.6. The van der Waals surface area contributed by atoms with E-state index < -0.39 is 11.3 Å². The zero-order chi connectivity index (χ0) is 18.8. The predicted molar refractivity (Wildman–Crippen MR) is 101 cm³/mol. The normalized spacial score (nSPS) is 20.0. The van der Waals surface area contributed by atoms with E-state index in [1.807, 2.05) is 52.8 Å². The van der Waals surface area contributed by atoms with Crippen molar-refractivity contribution in [2.45, 2.75) is 71.9 Å². The number of carbonyl (C=O) groups is 1. The number of nitrogens with zero attached hydrogens (tertiary/aromatic N) is 2. The van der Waals surface area contributed by atoms with Crippen molar-refractivity contribution in [3.05, 3.63) is 30.3 Å². The van der Waals surface area contributed by atoms with Crippen LogP contribution in [0, 0.1) is 0 Å². The van der Waals surface area contributed by atoms with Crippen molar-refractivity contribution >= 4 is 11.8 Å². The third-order valence-corrected chi connectivity index (χ3v) is 4.28. The lowest BCUT2D eigenvalue weighted by molar-refractivity contribution is -0.0622. The highest BCUT2D eigenvalue weighted by Gasteiger charge is 2.46. The molecule has 0 aromatic heterocycles. The molecule has 0 bridgehead atoms. The van der Waals surface area contributed by atoms with Gasteiger partial charge in [-0.25, -0.2) is 4.79 Å². The number of para-hydroxylation sites is 1. The average molecular weight is 348 g/mol. The lowest BCUT2D eigenvalue weighted by Crippen LogP contribution is -2.53. The van der Waals surface area contributed by atoms with Gasteiger partial charge in [0, 0.05) is 18.3 Å². The second-order valence-electron chi connectivity index (χ2n) is 8.34. The Bertz CT molecular complexity index is 578. The van der Waals surface area contributed by atoms with Gasteiger partial charge in [0.2, 0.25) is 0 Å². The smallest absolute Gasteiger partial charge is 0.412 e. The topological polar surface area (TPSA) is 42.0 Å². The maximum atomic E-state index is 12.8. The summed E-state index contributed by atoms with van der Waals surface area (Å²) in [6.45, 7) is 15.0. The molecule has 1 aliphatic heterocycles. The average Bonchev–Trinajstić information content (AvgIpc) is 2.78. The van der Waals surface area contributed by atoms with E-state index in [-0.39, 0.29) is 12.1 Å². The largest absolute Gasteiger partial charge is 0.444 e. The first-order chi connectivity index (χ1) is 11.5. The maximum Gasteiger partial charge on any atom is 0.412 e. The van der Waals surface area contributed by atoms with Crippen molar-refractivity contribution in [3.8, 4) is 0 Å². The quantitative estimate of drug-likeness (QED) is 0.815. The Kier molecular flexibility index (Phi) is 5.67. The number of carbonyl (C=O) groups excluding carboxylic acids is 1. The lowest BCUT2D eigenvalue weighted by atomic mass is 10.1. The fraction of sp³-hybridized carbons (Fsp3) is 0.650. The summed E-state index contributed by atoms with van der Waals surface area (Å²) in [5, 5.41) is 0. The van der Waals surface area contributed by atoms with Crippen LogP contribution in [0.25, 0.3) is 0 Å². The molecule has 0 saturated carbocycles. The molecule has 0 unspecified atom stereocenters. The van der Waals surface area contributed by atoms with Crippen molar-refractivity contribution < 1.29 is 14.3 Å². The number of hydrogen-bond donors (Lipinski definition) is 0. The summed E-state index contributed by atoms with van der Waals surface area (Å²) in [5.41, 5.74) is -0.0598. The van der Waals surface area contributed by atoms with Gasteiger partial charge in [-0.3, -0.25) is 4.90 Å². The summed E-state index contributed by atoms with van der Waals surface area (Å²) in [4.78, 5) is 16.8. The van der Waals surface area contributed by atoms with Gasteiger partial charge in [-0.1, -0.05) is 18.2 Å². The van der Waals surface area contributed by atoms with Crippen LogP contribution in [0.1, 0.15) is 48.5 Å². The molecule has 5 heteroatoms.